The van der Waals surface area contributed by atoms with Crippen LogP contribution in [0.3, 0.4) is 0 Å². The predicted molar refractivity (Wildman–Crippen MR) is 79.5 cm³/mol. The molecule has 1 aliphatic heterocycles. The van der Waals surface area contributed by atoms with E-state index in [0.29, 0.717) is 19.8 Å². The van der Waals surface area contributed by atoms with Gasteiger partial charge in [-0.25, -0.2) is 0 Å². The summed E-state index contributed by atoms with van der Waals surface area (Å²) in [5.74, 6) is 0.884. The first-order chi connectivity index (χ1) is 9.79. The lowest BCUT2D eigenvalue weighted by atomic mass is 10.1. The summed E-state index contributed by atoms with van der Waals surface area (Å²) >= 11 is 6.07. The van der Waals surface area contributed by atoms with Gasteiger partial charge in [0.25, 0.3) is 0 Å². The average molecular weight is 300 g/mol. The van der Waals surface area contributed by atoms with Crippen LogP contribution in [0.1, 0.15) is 18.4 Å². The second kappa shape index (κ2) is 8.47. The van der Waals surface area contributed by atoms with Gasteiger partial charge >= 0.3 is 0 Å². The standard InChI is InChI=1S/C15H22ClNO3/c1-18-8-6-17-10-12-9-13(16)4-5-15(12)20-14-3-2-7-19-11-14/h4-5,9,14,17H,2-3,6-8,10-11H2,1H3. The Balaban J connectivity index is 1.95. The lowest BCUT2D eigenvalue weighted by Gasteiger charge is -2.24. The fraction of sp³-hybridized carbons (Fsp3) is 0.600. The smallest absolute Gasteiger partial charge is 0.124 e. The second-order valence-corrected chi connectivity index (χ2v) is 5.32. The van der Waals surface area contributed by atoms with Crippen molar-refractivity contribution in [3.8, 4) is 5.75 Å². The van der Waals surface area contributed by atoms with Gasteiger partial charge in [-0.15, -0.1) is 0 Å². The number of rotatable bonds is 7. The number of nitrogens with one attached hydrogen (secondary N) is 1. The largest absolute Gasteiger partial charge is 0.488 e. The van der Waals surface area contributed by atoms with Gasteiger partial charge in [-0.05, 0) is 31.0 Å². The molecule has 1 aliphatic rings. The van der Waals surface area contributed by atoms with E-state index in [2.05, 4.69) is 5.32 Å². The molecule has 2 rings (SSSR count). The van der Waals surface area contributed by atoms with Gasteiger partial charge in [-0.3, -0.25) is 0 Å². The summed E-state index contributed by atoms with van der Waals surface area (Å²) in [7, 11) is 1.69. The summed E-state index contributed by atoms with van der Waals surface area (Å²) in [5, 5.41) is 4.04. The van der Waals surface area contributed by atoms with Gasteiger partial charge in [0.2, 0.25) is 0 Å². The van der Waals surface area contributed by atoms with Gasteiger partial charge in [0.05, 0.1) is 13.2 Å². The highest BCUT2D eigenvalue weighted by molar-refractivity contribution is 6.30. The molecule has 1 unspecified atom stereocenters. The zero-order valence-corrected chi connectivity index (χ0v) is 12.6. The van der Waals surface area contributed by atoms with Crippen LogP contribution in [0.4, 0.5) is 0 Å². The van der Waals surface area contributed by atoms with Gasteiger partial charge in [0.15, 0.2) is 0 Å². The first kappa shape index (κ1) is 15.6. The van der Waals surface area contributed by atoms with E-state index >= 15 is 0 Å². The average Bonchev–Trinajstić information content (AvgIpc) is 2.47. The highest BCUT2D eigenvalue weighted by atomic mass is 35.5. The third-order valence-electron chi connectivity index (χ3n) is 3.23. The molecule has 1 atom stereocenters. The number of methoxy groups -OCH3 is 1. The van der Waals surface area contributed by atoms with Crippen molar-refractivity contribution in [2.24, 2.45) is 0 Å². The topological polar surface area (TPSA) is 39.7 Å². The number of halogens is 1. The molecule has 112 valence electrons. The zero-order valence-electron chi connectivity index (χ0n) is 11.9. The van der Waals surface area contributed by atoms with Crippen LogP contribution in [-0.2, 0) is 16.0 Å². The van der Waals surface area contributed by atoms with Crippen LogP contribution in [0, 0.1) is 0 Å². The van der Waals surface area contributed by atoms with E-state index in [9.17, 15) is 0 Å². The van der Waals surface area contributed by atoms with Crippen molar-refractivity contribution in [2.75, 3.05) is 33.5 Å². The fourth-order valence-corrected chi connectivity index (χ4v) is 2.38. The minimum absolute atomic E-state index is 0.141. The van der Waals surface area contributed by atoms with Crippen molar-refractivity contribution in [3.63, 3.8) is 0 Å². The Kier molecular flexibility index (Phi) is 6.60. The Morgan fingerprint density at radius 1 is 1.45 bits per heavy atom. The molecule has 0 amide bonds. The quantitative estimate of drug-likeness (QED) is 0.786. The number of hydrogen-bond acceptors (Lipinski definition) is 4. The molecule has 1 aromatic carbocycles. The molecule has 20 heavy (non-hydrogen) atoms. The molecule has 1 heterocycles. The monoisotopic (exact) mass is 299 g/mol. The highest BCUT2D eigenvalue weighted by Crippen LogP contribution is 2.25. The molecule has 0 bridgehead atoms. The summed E-state index contributed by atoms with van der Waals surface area (Å²) in [6.07, 6.45) is 2.24. The second-order valence-electron chi connectivity index (χ2n) is 4.88. The molecule has 0 saturated carbocycles. The van der Waals surface area contributed by atoms with Crippen molar-refractivity contribution in [2.45, 2.75) is 25.5 Å². The Morgan fingerprint density at radius 2 is 2.35 bits per heavy atom. The zero-order chi connectivity index (χ0) is 14.2. The van der Waals surface area contributed by atoms with Crippen LogP contribution in [0.2, 0.25) is 5.02 Å². The molecule has 0 aromatic heterocycles. The van der Waals surface area contributed by atoms with E-state index in [-0.39, 0.29) is 6.10 Å². The van der Waals surface area contributed by atoms with Crippen LogP contribution in [-0.4, -0.2) is 39.6 Å². The molecule has 0 aliphatic carbocycles. The van der Waals surface area contributed by atoms with E-state index in [4.69, 9.17) is 25.8 Å². The Bertz CT molecular complexity index is 408. The van der Waals surface area contributed by atoms with Crippen LogP contribution < -0.4 is 10.1 Å². The van der Waals surface area contributed by atoms with Gasteiger partial charge in [0, 0.05) is 37.4 Å². The minimum Gasteiger partial charge on any atom is -0.488 e. The molecule has 5 heteroatoms. The van der Waals surface area contributed by atoms with Crippen molar-refractivity contribution in [1.29, 1.82) is 0 Å². The lowest BCUT2D eigenvalue weighted by Crippen LogP contribution is -2.28. The molecule has 1 saturated heterocycles. The van der Waals surface area contributed by atoms with Crippen LogP contribution in [0.15, 0.2) is 18.2 Å². The number of hydrogen-bond donors (Lipinski definition) is 1. The Hall–Kier alpha value is -0.810. The van der Waals surface area contributed by atoms with Crippen LogP contribution in [0.25, 0.3) is 0 Å². The van der Waals surface area contributed by atoms with E-state index in [0.717, 1.165) is 42.3 Å². The van der Waals surface area contributed by atoms with Gasteiger partial charge in [-0.2, -0.15) is 0 Å². The molecule has 0 spiro atoms. The molecular formula is C15H22ClNO3. The first-order valence-electron chi connectivity index (χ1n) is 7.02. The van der Waals surface area contributed by atoms with Crippen molar-refractivity contribution >= 4 is 11.6 Å². The van der Waals surface area contributed by atoms with Gasteiger partial charge in [-0.1, -0.05) is 11.6 Å². The molecule has 1 aromatic rings. The van der Waals surface area contributed by atoms with Gasteiger partial charge in [0.1, 0.15) is 11.9 Å². The molecular weight excluding hydrogens is 278 g/mol. The van der Waals surface area contributed by atoms with E-state index in [1.165, 1.54) is 0 Å². The third-order valence-corrected chi connectivity index (χ3v) is 3.47. The summed E-state index contributed by atoms with van der Waals surface area (Å²) in [5.41, 5.74) is 1.07. The highest BCUT2D eigenvalue weighted by Gasteiger charge is 2.17. The van der Waals surface area contributed by atoms with E-state index < -0.39 is 0 Å². The molecule has 1 N–H and O–H groups in total. The van der Waals surface area contributed by atoms with E-state index in [1.54, 1.807) is 7.11 Å². The van der Waals surface area contributed by atoms with Crippen LogP contribution >= 0.6 is 11.6 Å². The van der Waals surface area contributed by atoms with E-state index in [1.807, 2.05) is 18.2 Å². The maximum Gasteiger partial charge on any atom is 0.124 e. The van der Waals surface area contributed by atoms with Crippen molar-refractivity contribution in [1.82, 2.24) is 5.32 Å². The first-order valence-corrected chi connectivity index (χ1v) is 7.40. The van der Waals surface area contributed by atoms with Crippen molar-refractivity contribution < 1.29 is 14.2 Å². The summed E-state index contributed by atoms with van der Waals surface area (Å²) in [4.78, 5) is 0. The van der Waals surface area contributed by atoms with Crippen LogP contribution in [0.5, 0.6) is 5.75 Å². The summed E-state index contributed by atoms with van der Waals surface area (Å²) in [6.45, 7) is 3.71. The maximum absolute atomic E-state index is 6.07. The molecule has 0 radical (unpaired) electrons. The maximum atomic E-state index is 6.07. The molecule has 4 nitrogen and oxygen atoms in total. The number of ether oxygens (including phenoxy) is 3. The number of benzene rings is 1. The summed E-state index contributed by atoms with van der Waals surface area (Å²) < 4.78 is 16.5. The summed E-state index contributed by atoms with van der Waals surface area (Å²) in [6, 6.07) is 5.74. The SMILES string of the molecule is COCCNCc1cc(Cl)ccc1OC1CCCOC1. The third kappa shape index (κ3) is 4.94. The fourth-order valence-electron chi connectivity index (χ4n) is 2.18. The van der Waals surface area contributed by atoms with Gasteiger partial charge < -0.3 is 19.5 Å². The lowest BCUT2D eigenvalue weighted by molar-refractivity contribution is 0.00700. The van der Waals surface area contributed by atoms with Crippen molar-refractivity contribution in [3.05, 3.63) is 28.8 Å². The Labute approximate surface area is 125 Å². The predicted octanol–water partition coefficient (Wildman–Crippen LogP) is 2.63. The normalized spacial score (nSPS) is 19.0. The minimum atomic E-state index is 0.141. The molecule has 1 fully saturated rings. The Morgan fingerprint density at radius 3 is 3.10 bits per heavy atom.